The number of aryl methyl sites for hydroxylation is 1. The van der Waals surface area contributed by atoms with E-state index in [1.807, 2.05) is 22.5 Å². The average Bonchev–Trinajstić information content (AvgIpc) is 3.19. The second-order valence-corrected chi connectivity index (χ2v) is 13.5. The van der Waals surface area contributed by atoms with Crippen LogP contribution in [0.2, 0.25) is 19.6 Å². The minimum atomic E-state index is -1.37. The highest BCUT2D eigenvalue weighted by Gasteiger charge is 2.22. The van der Waals surface area contributed by atoms with Crippen molar-refractivity contribution in [1.29, 1.82) is 0 Å². The second-order valence-electron chi connectivity index (χ2n) is 7.88. The maximum atomic E-state index is 12.6. The number of carbonyl (C=O) groups is 1. The van der Waals surface area contributed by atoms with Crippen molar-refractivity contribution in [2.45, 2.75) is 32.5 Å². The molecule has 1 aromatic carbocycles. The van der Waals surface area contributed by atoms with E-state index in [2.05, 4.69) is 59.2 Å². The first-order valence-electron chi connectivity index (χ1n) is 9.45. The van der Waals surface area contributed by atoms with Crippen LogP contribution in [0.25, 0.3) is 0 Å². The number of anilines is 1. The molecule has 0 saturated carbocycles. The average molecular weight is 398 g/mol. The molecule has 4 nitrogen and oxygen atoms in total. The number of nitrogens with zero attached hydrogens (tertiary/aromatic N) is 3. The fraction of sp³-hybridized carbons (Fsp3) is 0.429. The maximum Gasteiger partial charge on any atom is 0.223 e. The van der Waals surface area contributed by atoms with Crippen molar-refractivity contribution in [1.82, 2.24) is 9.88 Å². The zero-order valence-corrected chi connectivity index (χ0v) is 18.2. The van der Waals surface area contributed by atoms with E-state index in [-0.39, 0.29) is 5.91 Å². The van der Waals surface area contributed by atoms with E-state index in [0.29, 0.717) is 6.42 Å². The van der Waals surface area contributed by atoms with Gasteiger partial charge < -0.3 is 9.80 Å². The SMILES string of the molecule is C[Si](C)(C)C#Cc1cccc(CCC(=O)N2CCN(c3nccs3)CC2)c1. The minimum Gasteiger partial charge on any atom is -0.345 e. The molecule has 142 valence electrons. The first-order chi connectivity index (χ1) is 12.9. The largest absolute Gasteiger partial charge is 0.345 e. The number of carbonyl (C=O) groups excluding carboxylic acids is 1. The van der Waals surface area contributed by atoms with Gasteiger partial charge in [0.1, 0.15) is 8.07 Å². The summed E-state index contributed by atoms with van der Waals surface area (Å²) >= 11 is 1.66. The van der Waals surface area contributed by atoms with Gasteiger partial charge in [0.15, 0.2) is 5.13 Å². The minimum absolute atomic E-state index is 0.243. The molecule has 3 rings (SSSR count). The van der Waals surface area contributed by atoms with Gasteiger partial charge in [0.25, 0.3) is 0 Å². The van der Waals surface area contributed by atoms with Gasteiger partial charge in [-0.25, -0.2) is 4.98 Å². The molecule has 1 aliphatic heterocycles. The Balaban J connectivity index is 1.50. The topological polar surface area (TPSA) is 36.4 Å². The highest BCUT2D eigenvalue weighted by Crippen LogP contribution is 2.19. The summed E-state index contributed by atoms with van der Waals surface area (Å²) in [5.74, 6) is 3.54. The van der Waals surface area contributed by atoms with Crippen LogP contribution < -0.4 is 4.90 Å². The molecule has 6 heteroatoms. The first-order valence-corrected chi connectivity index (χ1v) is 13.8. The third kappa shape index (κ3) is 5.95. The Morgan fingerprint density at radius 3 is 2.67 bits per heavy atom. The van der Waals surface area contributed by atoms with E-state index < -0.39 is 8.07 Å². The van der Waals surface area contributed by atoms with E-state index in [1.165, 1.54) is 5.56 Å². The van der Waals surface area contributed by atoms with Crippen LogP contribution in [0.5, 0.6) is 0 Å². The zero-order valence-electron chi connectivity index (χ0n) is 16.4. The van der Waals surface area contributed by atoms with Crippen LogP contribution in [0.3, 0.4) is 0 Å². The molecule has 2 aromatic rings. The van der Waals surface area contributed by atoms with Crippen molar-refractivity contribution in [3.63, 3.8) is 0 Å². The molecule has 0 N–H and O–H groups in total. The van der Waals surface area contributed by atoms with Crippen molar-refractivity contribution in [2.24, 2.45) is 0 Å². The fourth-order valence-electron chi connectivity index (χ4n) is 2.99. The number of benzene rings is 1. The van der Waals surface area contributed by atoms with Crippen LogP contribution in [-0.2, 0) is 11.2 Å². The molecule has 2 heterocycles. The predicted octanol–water partition coefficient (Wildman–Crippen LogP) is 3.65. The van der Waals surface area contributed by atoms with Gasteiger partial charge in [-0.3, -0.25) is 4.79 Å². The smallest absolute Gasteiger partial charge is 0.223 e. The summed E-state index contributed by atoms with van der Waals surface area (Å²) in [7, 11) is -1.37. The summed E-state index contributed by atoms with van der Waals surface area (Å²) in [6, 6.07) is 8.31. The van der Waals surface area contributed by atoms with E-state index in [9.17, 15) is 4.79 Å². The molecule has 0 unspecified atom stereocenters. The zero-order chi connectivity index (χ0) is 19.3. The Morgan fingerprint density at radius 1 is 1.22 bits per heavy atom. The Hall–Kier alpha value is -2.10. The number of aromatic nitrogens is 1. The van der Waals surface area contributed by atoms with Gasteiger partial charge in [0.05, 0.1) is 0 Å². The molecule has 0 atom stereocenters. The molecule has 0 bridgehead atoms. The Morgan fingerprint density at radius 2 is 2.00 bits per heavy atom. The third-order valence-corrected chi connectivity index (χ3v) is 6.17. The number of amides is 1. The maximum absolute atomic E-state index is 12.6. The van der Waals surface area contributed by atoms with Gasteiger partial charge in [-0.05, 0) is 24.1 Å². The van der Waals surface area contributed by atoms with Gasteiger partial charge in [0.2, 0.25) is 5.91 Å². The van der Waals surface area contributed by atoms with Crippen molar-refractivity contribution in [3.05, 3.63) is 47.0 Å². The molecule has 27 heavy (non-hydrogen) atoms. The van der Waals surface area contributed by atoms with Crippen LogP contribution >= 0.6 is 11.3 Å². The normalized spacial score (nSPS) is 14.6. The van der Waals surface area contributed by atoms with Gasteiger partial charge in [-0.2, -0.15) is 0 Å². The molecule has 1 fully saturated rings. The van der Waals surface area contributed by atoms with Crippen LogP contribution in [0, 0.1) is 11.5 Å². The van der Waals surface area contributed by atoms with Crippen molar-refractivity contribution in [3.8, 4) is 11.5 Å². The highest BCUT2D eigenvalue weighted by atomic mass is 32.1. The number of rotatable bonds is 4. The van der Waals surface area contributed by atoms with Gasteiger partial charge in [-0.1, -0.05) is 37.7 Å². The van der Waals surface area contributed by atoms with Crippen LogP contribution in [-0.4, -0.2) is 50.0 Å². The number of hydrogen-bond donors (Lipinski definition) is 0. The molecule has 0 radical (unpaired) electrons. The molecule has 0 aliphatic carbocycles. The molecule has 1 saturated heterocycles. The van der Waals surface area contributed by atoms with E-state index >= 15 is 0 Å². The molecule has 0 spiro atoms. The fourth-order valence-corrected chi connectivity index (χ4v) is 4.21. The lowest BCUT2D eigenvalue weighted by Gasteiger charge is -2.34. The highest BCUT2D eigenvalue weighted by molar-refractivity contribution is 7.13. The Bertz CT molecular complexity index is 825. The summed E-state index contributed by atoms with van der Waals surface area (Å²) in [6.07, 6.45) is 3.16. The number of thiazole rings is 1. The number of hydrogen-bond acceptors (Lipinski definition) is 4. The van der Waals surface area contributed by atoms with Crippen LogP contribution in [0.15, 0.2) is 35.8 Å². The van der Waals surface area contributed by atoms with E-state index in [1.54, 1.807) is 11.3 Å². The Kier molecular flexibility index (Phi) is 6.35. The van der Waals surface area contributed by atoms with Crippen LogP contribution in [0.1, 0.15) is 17.5 Å². The lowest BCUT2D eigenvalue weighted by atomic mass is 10.1. The van der Waals surface area contributed by atoms with Crippen molar-refractivity contribution >= 4 is 30.4 Å². The van der Waals surface area contributed by atoms with Gasteiger partial charge in [-0.15, -0.1) is 16.9 Å². The molecule has 1 aliphatic rings. The quantitative estimate of drug-likeness (QED) is 0.584. The molecular formula is C21H27N3OSSi. The van der Waals surface area contributed by atoms with Crippen LogP contribution in [0.4, 0.5) is 5.13 Å². The van der Waals surface area contributed by atoms with E-state index in [0.717, 1.165) is 43.3 Å². The first kappa shape index (κ1) is 19.7. The molecule has 1 aromatic heterocycles. The summed E-state index contributed by atoms with van der Waals surface area (Å²) < 4.78 is 0. The standard InChI is InChI=1S/C21H27N3OSSi/c1-27(2,3)16-9-19-6-4-5-18(17-19)7-8-20(25)23-11-13-24(14-12-23)21-22-10-15-26-21/h4-6,10,15,17H,7-8,11-14H2,1-3H3. The third-order valence-electron chi connectivity index (χ3n) is 4.46. The summed E-state index contributed by atoms with van der Waals surface area (Å²) in [5.41, 5.74) is 5.64. The lowest BCUT2D eigenvalue weighted by Crippen LogP contribution is -2.48. The monoisotopic (exact) mass is 397 g/mol. The molecular weight excluding hydrogens is 370 g/mol. The van der Waals surface area contributed by atoms with Crippen molar-refractivity contribution in [2.75, 3.05) is 31.1 Å². The second kappa shape index (κ2) is 8.72. The van der Waals surface area contributed by atoms with Gasteiger partial charge in [0, 0.05) is 49.7 Å². The predicted molar refractivity (Wildman–Crippen MR) is 116 cm³/mol. The van der Waals surface area contributed by atoms with E-state index in [4.69, 9.17) is 0 Å². The summed E-state index contributed by atoms with van der Waals surface area (Å²) in [6.45, 7) is 10.0. The summed E-state index contributed by atoms with van der Waals surface area (Å²) in [4.78, 5) is 21.2. The lowest BCUT2D eigenvalue weighted by molar-refractivity contribution is -0.131. The Labute approximate surface area is 167 Å². The van der Waals surface area contributed by atoms with Crippen molar-refractivity contribution < 1.29 is 4.79 Å². The van der Waals surface area contributed by atoms with Gasteiger partial charge >= 0.3 is 0 Å². The number of piperazine rings is 1. The molecule has 1 amide bonds. The summed E-state index contributed by atoms with van der Waals surface area (Å²) in [5, 5.41) is 3.05.